The summed E-state index contributed by atoms with van der Waals surface area (Å²) >= 11 is 1.84. The molecule has 1 aliphatic heterocycles. The molecule has 3 nitrogen and oxygen atoms in total. The van der Waals surface area contributed by atoms with Crippen LogP contribution < -0.4 is 5.32 Å². The lowest BCUT2D eigenvalue weighted by Gasteiger charge is -2.08. The van der Waals surface area contributed by atoms with Crippen LogP contribution in [-0.4, -0.2) is 24.2 Å². The summed E-state index contributed by atoms with van der Waals surface area (Å²) in [6, 6.07) is 0.531. The quantitative estimate of drug-likeness (QED) is 0.878. The Bertz CT molecular complexity index is 343. The van der Waals surface area contributed by atoms with Crippen molar-refractivity contribution in [2.75, 3.05) is 13.2 Å². The molecule has 0 saturated carbocycles. The number of aryl methyl sites for hydroxylation is 1. The zero-order valence-corrected chi connectivity index (χ0v) is 11.1. The van der Waals surface area contributed by atoms with Crippen LogP contribution in [-0.2, 0) is 11.3 Å². The van der Waals surface area contributed by atoms with Crippen LogP contribution in [0.4, 0.5) is 0 Å². The Hall–Kier alpha value is -0.450. The van der Waals surface area contributed by atoms with Crippen LogP contribution in [0.2, 0.25) is 0 Å². The molecule has 1 N–H and O–H groups in total. The molecule has 1 fully saturated rings. The molecule has 16 heavy (non-hydrogen) atoms. The molecule has 0 bridgehead atoms. The largest absolute Gasteiger partial charge is 0.380 e. The van der Waals surface area contributed by atoms with Crippen molar-refractivity contribution in [3.8, 4) is 0 Å². The number of thiazole rings is 1. The van der Waals surface area contributed by atoms with Gasteiger partial charge in [-0.1, -0.05) is 13.8 Å². The average Bonchev–Trinajstić information content (AvgIpc) is 2.84. The first-order valence-electron chi connectivity index (χ1n) is 5.94. The summed E-state index contributed by atoms with van der Waals surface area (Å²) in [5.74, 6) is 0.535. The van der Waals surface area contributed by atoms with Crippen molar-refractivity contribution in [2.24, 2.45) is 0 Å². The Kier molecular flexibility index (Phi) is 3.95. The fraction of sp³-hybridized carbons (Fsp3) is 0.750. The van der Waals surface area contributed by atoms with Crippen molar-refractivity contribution in [3.05, 3.63) is 15.6 Å². The SMILES string of the molecule is Cc1nc(C(C)C)sc1CNC1CCOC1. The van der Waals surface area contributed by atoms with E-state index in [1.54, 1.807) is 0 Å². The Morgan fingerprint density at radius 3 is 2.94 bits per heavy atom. The summed E-state index contributed by atoms with van der Waals surface area (Å²) in [6.45, 7) is 9.18. The number of nitrogens with one attached hydrogen (secondary N) is 1. The van der Waals surface area contributed by atoms with Crippen LogP contribution in [0, 0.1) is 6.92 Å². The van der Waals surface area contributed by atoms with Crippen molar-refractivity contribution < 1.29 is 4.74 Å². The number of aromatic nitrogens is 1. The van der Waals surface area contributed by atoms with E-state index in [0.29, 0.717) is 12.0 Å². The lowest BCUT2D eigenvalue weighted by Crippen LogP contribution is -2.28. The minimum atomic E-state index is 0.531. The van der Waals surface area contributed by atoms with E-state index in [9.17, 15) is 0 Å². The van der Waals surface area contributed by atoms with Gasteiger partial charge in [0.25, 0.3) is 0 Å². The third-order valence-electron chi connectivity index (χ3n) is 2.88. The van der Waals surface area contributed by atoms with E-state index in [1.807, 2.05) is 11.3 Å². The van der Waals surface area contributed by atoms with E-state index < -0.39 is 0 Å². The molecule has 1 atom stereocenters. The summed E-state index contributed by atoms with van der Waals surface area (Å²) in [6.07, 6.45) is 1.13. The van der Waals surface area contributed by atoms with Gasteiger partial charge in [0, 0.05) is 30.0 Å². The number of ether oxygens (including phenoxy) is 1. The van der Waals surface area contributed by atoms with Gasteiger partial charge in [0.05, 0.1) is 17.3 Å². The molecule has 1 unspecified atom stereocenters. The van der Waals surface area contributed by atoms with E-state index in [4.69, 9.17) is 4.74 Å². The van der Waals surface area contributed by atoms with Crippen molar-refractivity contribution in [1.82, 2.24) is 10.3 Å². The minimum absolute atomic E-state index is 0.531. The Morgan fingerprint density at radius 2 is 2.38 bits per heavy atom. The Labute approximate surface area is 101 Å². The lowest BCUT2D eigenvalue weighted by molar-refractivity contribution is 0.190. The first-order valence-corrected chi connectivity index (χ1v) is 6.75. The van der Waals surface area contributed by atoms with Crippen molar-refractivity contribution >= 4 is 11.3 Å². The molecular weight excluding hydrogens is 220 g/mol. The number of hydrogen-bond donors (Lipinski definition) is 1. The molecule has 0 aliphatic carbocycles. The maximum atomic E-state index is 5.34. The highest BCUT2D eigenvalue weighted by Gasteiger charge is 2.16. The van der Waals surface area contributed by atoms with Gasteiger partial charge in [0.2, 0.25) is 0 Å². The Balaban J connectivity index is 1.92. The second-order valence-corrected chi connectivity index (χ2v) is 5.77. The molecule has 0 radical (unpaired) electrons. The second-order valence-electron chi connectivity index (χ2n) is 4.66. The highest BCUT2D eigenvalue weighted by atomic mass is 32.1. The molecule has 2 rings (SSSR count). The van der Waals surface area contributed by atoms with Gasteiger partial charge in [-0.15, -0.1) is 11.3 Å². The van der Waals surface area contributed by atoms with Crippen LogP contribution in [0.5, 0.6) is 0 Å². The summed E-state index contributed by atoms with van der Waals surface area (Å²) in [4.78, 5) is 5.97. The summed E-state index contributed by atoms with van der Waals surface area (Å²) < 4.78 is 5.34. The zero-order chi connectivity index (χ0) is 11.5. The van der Waals surface area contributed by atoms with Crippen LogP contribution in [0.1, 0.15) is 41.8 Å². The van der Waals surface area contributed by atoms with Crippen molar-refractivity contribution in [1.29, 1.82) is 0 Å². The Morgan fingerprint density at radius 1 is 1.56 bits per heavy atom. The van der Waals surface area contributed by atoms with Crippen LogP contribution in [0.15, 0.2) is 0 Å². The van der Waals surface area contributed by atoms with E-state index in [-0.39, 0.29) is 0 Å². The molecule has 4 heteroatoms. The predicted octanol–water partition coefficient (Wildman–Crippen LogP) is 2.45. The van der Waals surface area contributed by atoms with E-state index in [1.165, 1.54) is 15.6 Å². The van der Waals surface area contributed by atoms with E-state index in [0.717, 1.165) is 26.2 Å². The highest BCUT2D eigenvalue weighted by molar-refractivity contribution is 7.11. The minimum Gasteiger partial charge on any atom is -0.380 e. The molecule has 0 spiro atoms. The van der Waals surface area contributed by atoms with Gasteiger partial charge in [0.1, 0.15) is 0 Å². The smallest absolute Gasteiger partial charge is 0.0956 e. The standard InChI is InChI=1S/C12H20N2OS/c1-8(2)12-14-9(3)11(16-12)6-13-10-4-5-15-7-10/h8,10,13H,4-7H2,1-3H3. The second kappa shape index (κ2) is 5.25. The first kappa shape index (κ1) is 12.0. The molecule has 1 aromatic heterocycles. The van der Waals surface area contributed by atoms with Gasteiger partial charge in [-0.2, -0.15) is 0 Å². The summed E-state index contributed by atoms with van der Waals surface area (Å²) in [5, 5.41) is 4.78. The maximum Gasteiger partial charge on any atom is 0.0956 e. The van der Waals surface area contributed by atoms with Gasteiger partial charge < -0.3 is 10.1 Å². The van der Waals surface area contributed by atoms with E-state index >= 15 is 0 Å². The summed E-state index contributed by atoms with van der Waals surface area (Å²) in [7, 11) is 0. The van der Waals surface area contributed by atoms with Crippen molar-refractivity contribution in [2.45, 2.75) is 45.7 Å². The van der Waals surface area contributed by atoms with Gasteiger partial charge in [0.15, 0.2) is 0 Å². The number of hydrogen-bond acceptors (Lipinski definition) is 4. The summed E-state index contributed by atoms with van der Waals surface area (Å²) in [5.41, 5.74) is 1.18. The molecule has 1 aliphatic rings. The fourth-order valence-corrected chi connectivity index (χ4v) is 2.81. The van der Waals surface area contributed by atoms with Crippen LogP contribution in [0.3, 0.4) is 0 Å². The van der Waals surface area contributed by atoms with E-state index in [2.05, 4.69) is 31.1 Å². The molecule has 90 valence electrons. The molecule has 1 aromatic rings. The molecule has 0 amide bonds. The molecule has 2 heterocycles. The predicted molar refractivity (Wildman–Crippen MR) is 67.0 cm³/mol. The first-order chi connectivity index (χ1) is 7.66. The fourth-order valence-electron chi connectivity index (χ4n) is 1.79. The van der Waals surface area contributed by atoms with Crippen LogP contribution in [0.25, 0.3) is 0 Å². The monoisotopic (exact) mass is 240 g/mol. The number of rotatable bonds is 4. The molecule has 0 aromatic carbocycles. The topological polar surface area (TPSA) is 34.2 Å². The third kappa shape index (κ3) is 2.81. The maximum absolute atomic E-state index is 5.34. The van der Waals surface area contributed by atoms with Gasteiger partial charge in [-0.05, 0) is 13.3 Å². The normalized spacial score (nSPS) is 20.9. The lowest BCUT2D eigenvalue weighted by atomic mass is 10.2. The third-order valence-corrected chi connectivity index (χ3v) is 4.34. The van der Waals surface area contributed by atoms with Gasteiger partial charge in [-0.3, -0.25) is 0 Å². The van der Waals surface area contributed by atoms with Crippen molar-refractivity contribution in [3.63, 3.8) is 0 Å². The zero-order valence-electron chi connectivity index (χ0n) is 10.2. The van der Waals surface area contributed by atoms with Gasteiger partial charge in [-0.25, -0.2) is 4.98 Å². The molecule has 1 saturated heterocycles. The van der Waals surface area contributed by atoms with Crippen LogP contribution >= 0.6 is 11.3 Å². The number of nitrogens with zero attached hydrogens (tertiary/aromatic N) is 1. The molecular formula is C12H20N2OS. The highest BCUT2D eigenvalue weighted by Crippen LogP contribution is 2.24. The van der Waals surface area contributed by atoms with Gasteiger partial charge >= 0.3 is 0 Å². The average molecular weight is 240 g/mol.